The minimum atomic E-state index is -0.914. The smallest absolute Gasteiger partial charge is 0.323 e. The van der Waals surface area contributed by atoms with Gasteiger partial charge in [-0.05, 0) is 42.5 Å². The maximum atomic E-state index is 13.9. The molecule has 3 aromatic carbocycles. The normalized spacial score (nSPS) is 11.6. The lowest BCUT2D eigenvalue weighted by molar-refractivity contribution is 0.105. The van der Waals surface area contributed by atoms with Crippen LogP contribution in [0, 0.1) is 11.6 Å². The lowest BCUT2D eigenvalue weighted by Gasteiger charge is -2.09. The Bertz CT molecular complexity index is 1670. The number of Topliss-reactive ketones (excluding diaryl/α,β-unsaturated/α-hetero) is 1. The molecule has 0 saturated carbocycles. The molecule has 0 atom stereocenters. The van der Waals surface area contributed by atoms with Crippen LogP contribution >= 0.6 is 0 Å². The molecule has 2 amide bonds. The molecule has 5 rings (SSSR count). The van der Waals surface area contributed by atoms with Gasteiger partial charge in [0.15, 0.2) is 0 Å². The summed E-state index contributed by atoms with van der Waals surface area (Å²) < 4.78 is 27.8. The number of nitrogens with one attached hydrogen (secondary N) is 3. The zero-order valence-corrected chi connectivity index (χ0v) is 19.6. The van der Waals surface area contributed by atoms with E-state index in [-0.39, 0.29) is 22.5 Å². The van der Waals surface area contributed by atoms with E-state index in [0.717, 1.165) is 12.1 Å². The number of H-pyrrole nitrogens is 1. The number of carbonyl (C=O) groups is 2. The second-order valence-electron chi connectivity index (χ2n) is 8.22. The molecular formula is C28H19F2N5O3. The fourth-order valence-corrected chi connectivity index (χ4v) is 3.83. The number of aromatic amines is 1. The largest absolute Gasteiger partial charge is 0.506 e. The van der Waals surface area contributed by atoms with E-state index in [9.17, 15) is 23.5 Å². The van der Waals surface area contributed by atoms with Gasteiger partial charge in [0.1, 0.15) is 28.8 Å². The van der Waals surface area contributed by atoms with Gasteiger partial charge in [-0.25, -0.2) is 18.6 Å². The second kappa shape index (κ2) is 10.3. The van der Waals surface area contributed by atoms with Crippen molar-refractivity contribution >= 4 is 45.6 Å². The number of aliphatic hydroxyl groups is 1. The maximum Gasteiger partial charge on any atom is 0.323 e. The Balaban J connectivity index is 1.53. The van der Waals surface area contributed by atoms with Crippen LogP contribution in [0.3, 0.4) is 0 Å². The fraction of sp³-hybridized carbons (Fsp3) is 0. The number of hydrogen-bond donors (Lipinski definition) is 4. The Hall–Kier alpha value is -5.38. The number of aromatic nitrogens is 3. The third kappa shape index (κ3) is 5.24. The summed E-state index contributed by atoms with van der Waals surface area (Å²) in [7, 11) is 0. The Morgan fingerprint density at radius 3 is 2.26 bits per heavy atom. The van der Waals surface area contributed by atoms with Gasteiger partial charge in [-0.3, -0.25) is 9.78 Å². The van der Waals surface area contributed by atoms with Crippen LogP contribution in [0.2, 0.25) is 0 Å². The second-order valence-corrected chi connectivity index (χ2v) is 8.22. The number of fused-ring (bicyclic) bond motifs is 1. The summed E-state index contributed by atoms with van der Waals surface area (Å²) >= 11 is 0. The van der Waals surface area contributed by atoms with Gasteiger partial charge in [-0.2, -0.15) is 0 Å². The quantitative estimate of drug-likeness (QED) is 0.123. The first-order valence-electron chi connectivity index (χ1n) is 11.3. The Kier molecular flexibility index (Phi) is 6.60. The fourth-order valence-electron chi connectivity index (χ4n) is 3.83. The number of halogens is 2. The van der Waals surface area contributed by atoms with Crippen molar-refractivity contribution in [1.82, 2.24) is 15.0 Å². The molecule has 10 heteroatoms. The monoisotopic (exact) mass is 511 g/mol. The molecule has 0 bridgehead atoms. The number of nitrogens with zero attached hydrogens (tertiary/aromatic N) is 2. The molecule has 0 spiro atoms. The number of carbonyl (C=O) groups excluding carboxylic acids is 2. The van der Waals surface area contributed by atoms with E-state index in [0.29, 0.717) is 28.5 Å². The number of hydrogen-bond acceptors (Lipinski definition) is 5. The van der Waals surface area contributed by atoms with Crippen molar-refractivity contribution in [3.63, 3.8) is 0 Å². The van der Waals surface area contributed by atoms with Crippen molar-refractivity contribution in [1.29, 1.82) is 0 Å². The third-order valence-corrected chi connectivity index (χ3v) is 5.53. The topological polar surface area (TPSA) is 120 Å². The van der Waals surface area contributed by atoms with E-state index in [1.165, 1.54) is 6.20 Å². The first-order valence-corrected chi connectivity index (χ1v) is 11.3. The van der Waals surface area contributed by atoms with Gasteiger partial charge in [0, 0.05) is 29.1 Å². The number of urea groups is 1. The first-order chi connectivity index (χ1) is 18.4. The molecule has 0 aliphatic heterocycles. The van der Waals surface area contributed by atoms with E-state index in [2.05, 4.69) is 25.6 Å². The molecular weight excluding hydrogens is 492 g/mol. The van der Waals surface area contributed by atoms with Gasteiger partial charge < -0.3 is 20.7 Å². The Labute approximate surface area is 214 Å². The highest BCUT2D eigenvalue weighted by Crippen LogP contribution is 2.29. The minimum absolute atomic E-state index is 0.0204. The van der Waals surface area contributed by atoms with E-state index in [1.807, 2.05) is 0 Å². The lowest BCUT2D eigenvalue weighted by Crippen LogP contribution is -2.19. The molecule has 0 fully saturated rings. The zero-order chi connectivity index (χ0) is 26.6. The highest BCUT2D eigenvalue weighted by atomic mass is 19.1. The molecule has 2 aromatic heterocycles. The van der Waals surface area contributed by atoms with Gasteiger partial charge in [0.2, 0.25) is 5.78 Å². The first kappa shape index (κ1) is 24.3. The Morgan fingerprint density at radius 1 is 0.816 bits per heavy atom. The molecule has 0 unspecified atom stereocenters. The number of amides is 2. The summed E-state index contributed by atoms with van der Waals surface area (Å²) in [5.74, 6) is -3.11. The molecule has 0 saturated heterocycles. The van der Waals surface area contributed by atoms with Gasteiger partial charge in [0.05, 0.1) is 22.9 Å². The highest BCUT2D eigenvalue weighted by Gasteiger charge is 2.24. The van der Waals surface area contributed by atoms with Crippen molar-refractivity contribution in [2.45, 2.75) is 0 Å². The number of imidazole rings is 1. The summed E-state index contributed by atoms with van der Waals surface area (Å²) in [6.07, 6.45) is 3.08. The molecule has 4 N–H and O–H groups in total. The molecule has 5 aromatic rings. The van der Waals surface area contributed by atoms with Crippen LogP contribution in [0.25, 0.3) is 22.4 Å². The average molecular weight is 511 g/mol. The van der Waals surface area contributed by atoms with Crippen LogP contribution in [0.1, 0.15) is 21.7 Å². The average Bonchev–Trinajstić information content (AvgIpc) is 3.32. The molecule has 0 radical (unpaired) electrons. The van der Waals surface area contributed by atoms with E-state index < -0.39 is 29.2 Å². The van der Waals surface area contributed by atoms with Crippen LogP contribution in [0.4, 0.5) is 25.0 Å². The predicted octanol–water partition coefficient (Wildman–Crippen LogP) is 6.19. The number of ketones is 1. The predicted molar refractivity (Wildman–Crippen MR) is 140 cm³/mol. The third-order valence-electron chi connectivity index (χ3n) is 5.53. The van der Waals surface area contributed by atoms with E-state index in [4.69, 9.17) is 0 Å². The summed E-state index contributed by atoms with van der Waals surface area (Å²) in [5.41, 5.74) is 1.53. The van der Waals surface area contributed by atoms with Gasteiger partial charge in [-0.1, -0.05) is 30.3 Å². The number of aliphatic hydroxyl groups excluding tert-OH is 1. The SMILES string of the molecule is O=C(Nc1cccnc1)Nc1ccc2nc(/C(C(=O)c3ccccc3)=C(/O)c3cc(F)cc(F)c3)[nH]c2c1. The minimum Gasteiger partial charge on any atom is -0.506 e. The highest BCUT2D eigenvalue weighted by molar-refractivity contribution is 6.33. The number of anilines is 2. The molecule has 8 nitrogen and oxygen atoms in total. The molecule has 188 valence electrons. The van der Waals surface area contributed by atoms with Crippen LogP contribution in [-0.2, 0) is 0 Å². The van der Waals surface area contributed by atoms with Crippen LogP contribution in [0.5, 0.6) is 0 Å². The van der Waals surface area contributed by atoms with E-state index in [1.54, 1.807) is 66.9 Å². The summed E-state index contributed by atoms with van der Waals surface area (Å²) in [4.78, 5) is 37.1. The van der Waals surface area contributed by atoms with Crippen LogP contribution < -0.4 is 10.6 Å². The lowest BCUT2D eigenvalue weighted by atomic mass is 9.98. The van der Waals surface area contributed by atoms with Gasteiger partial charge >= 0.3 is 6.03 Å². The van der Waals surface area contributed by atoms with Crippen LogP contribution in [0.15, 0.2) is 91.3 Å². The van der Waals surface area contributed by atoms with Crippen molar-refractivity contribution in [3.05, 3.63) is 120 Å². The van der Waals surface area contributed by atoms with Gasteiger partial charge in [0.25, 0.3) is 0 Å². The van der Waals surface area contributed by atoms with Crippen LogP contribution in [-0.4, -0.2) is 31.9 Å². The molecule has 38 heavy (non-hydrogen) atoms. The molecule has 2 heterocycles. The summed E-state index contributed by atoms with van der Waals surface area (Å²) in [5, 5.41) is 16.4. The number of rotatable bonds is 6. The zero-order valence-electron chi connectivity index (χ0n) is 19.6. The van der Waals surface area contributed by atoms with E-state index >= 15 is 0 Å². The number of benzene rings is 3. The number of allylic oxidation sites excluding steroid dienone is 1. The van der Waals surface area contributed by atoms with Crippen molar-refractivity contribution in [3.8, 4) is 0 Å². The standard InChI is InChI=1S/C28H19F2N5O3/c29-18-11-17(12-19(30)13-18)26(37)24(25(36)16-5-2-1-3-6-16)27-34-22-9-8-20(14-23(22)35-27)32-28(38)33-21-7-4-10-31-15-21/h1-15,37H,(H,34,35)(H2,32,33,38)/b26-24+. The summed E-state index contributed by atoms with van der Waals surface area (Å²) in [6.45, 7) is 0. The van der Waals surface area contributed by atoms with Crippen molar-refractivity contribution in [2.24, 2.45) is 0 Å². The maximum absolute atomic E-state index is 13.9. The number of pyridine rings is 1. The van der Waals surface area contributed by atoms with Crippen molar-refractivity contribution in [2.75, 3.05) is 10.6 Å². The van der Waals surface area contributed by atoms with Crippen molar-refractivity contribution < 1.29 is 23.5 Å². The Morgan fingerprint density at radius 2 is 1.55 bits per heavy atom. The molecule has 0 aliphatic carbocycles. The van der Waals surface area contributed by atoms with Gasteiger partial charge in [-0.15, -0.1) is 0 Å². The summed E-state index contributed by atoms with van der Waals surface area (Å²) in [6, 6.07) is 18.3. The molecule has 0 aliphatic rings.